The van der Waals surface area contributed by atoms with Crippen molar-refractivity contribution in [2.24, 2.45) is 0 Å². The Balaban J connectivity index is 2.03. The van der Waals surface area contributed by atoms with Crippen LogP contribution in [0.4, 0.5) is 17.6 Å². The van der Waals surface area contributed by atoms with Crippen LogP contribution in [0.25, 0.3) is 16.7 Å². The Morgan fingerprint density at radius 2 is 1.88 bits per heavy atom. The summed E-state index contributed by atoms with van der Waals surface area (Å²) in [4.78, 5) is 14.4. The third-order valence-corrected chi connectivity index (χ3v) is 4.76. The average Bonchev–Trinajstić information content (AvgIpc) is 2.70. The molecule has 4 nitrogen and oxygen atoms in total. The van der Waals surface area contributed by atoms with E-state index in [0.29, 0.717) is 5.70 Å². The summed E-state index contributed by atoms with van der Waals surface area (Å²) in [6.45, 7) is 6.98. The van der Waals surface area contributed by atoms with Crippen molar-refractivity contribution in [3.8, 4) is 16.9 Å². The van der Waals surface area contributed by atoms with Gasteiger partial charge in [-0.1, -0.05) is 30.9 Å². The zero-order chi connectivity index (χ0) is 23.6. The number of halogens is 4. The van der Waals surface area contributed by atoms with Crippen LogP contribution in [0.1, 0.15) is 19.4 Å². The highest BCUT2D eigenvalue weighted by Crippen LogP contribution is 2.33. The molecule has 0 saturated heterocycles. The minimum atomic E-state index is -4.93. The Morgan fingerprint density at radius 3 is 2.53 bits per heavy atom. The quantitative estimate of drug-likeness (QED) is 0.332. The first-order chi connectivity index (χ1) is 15.0. The van der Waals surface area contributed by atoms with Crippen LogP contribution in [0.2, 0.25) is 0 Å². The van der Waals surface area contributed by atoms with Gasteiger partial charge in [-0.2, -0.15) is 0 Å². The summed E-state index contributed by atoms with van der Waals surface area (Å²) in [5.41, 5.74) is 1.42. The molecule has 0 saturated carbocycles. The summed E-state index contributed by atoms with van der Waals surface area (Å²) in [5.74, 6) is -2.20. The number of nitrogens with zero attached hydrogens (tertiary/aromatic N) is 1. The van der Waals surface area contributed by atoms with E-state index in [1.807, 2.05) is 0 Å². The molecule has 0 fully saturated rings. The van der Waals surface area contributed by atoms with Crippen LogP contribution in [0, 0.1) is 5.82 Å². The summed E-state index contributed by atoms with van der Waals surface area (Å²) in [6, 6.07) is 8.56. The molecule has 0 radical (unpaired) electrons. The molecule has 32 heavy (non-hydrogen) atoms. The fourth-order valence-corrected chi connectivity index (χ4v) is 3.21. The van der Waals surface area contributed by atoms with Gasteiger partial charge in [0.25, 0.3) is 5.91 Å². The van der Waals surface area contributed by atoms with Gasteiger partial charge in [0.2, 0.25) is 0 Å². The van der Waals surface area contributed by atoms with Crippen LogP contribution in [0.5, 0.6) is 5.75 Å². The first-order valence-electron chi connectivity index (χ1n) is 9.42. The topological polar surface area (TPSA) is 49.8 Å². The molecule has 0 atom stereocenters. The maximum absolute atomic E-state index is 14.4. The van der Waals surface area contributed by atoms with E-state index in [0.717, 1.165) is 23.8 Å². The minimum Gasteiger partial charge on any atom is -0.512 e. The molecule has 3 rings (SSSR count). The van der Waals surface area contributed by atoms with Crippen molar-refractivity contribution in [1.29, 1.82) is 0 Å². The van der Waals surface area contributed by atoms with Crippen molar-refractivity contribution >= 4 is 11.5 Å². The number of aliphatic hydroxyl groups excluding tert-OH is 1. The molecule has 0 spiro atoms. The molecule has 2 aromatic rings. The average molecular weight is 445 g/mol. The molecule has 1 aliphatic heterocycles. The van der Waals surface area contributed by atoms with Crippen LogP contribution in [0.3, 0.4) is 0 Å². The van der Waals surface area contributed by atoms with Crippen molar-refractivity contribution in [1.82, 2.24) is 4.90 Å². The van der Waals surface area contributed by atoms with Gasteiger partial charge in [-0.05, 0) is 60.9 Å². The number of aliphatic hydroxyl groups is 1. The van der Waals surface area contributed by atoms with Crippen LogP contribution >= 0.6 is 0 Å². The molecular formula is C24H19F4NO3. The van der Waals surface area contributed by atoms with Gasteiger partial charge in [-0.15, -0.1) is 13.2 Å². The normalized spacial score (nSPS) is 14.8. The van der Waals surface area contributed by atoms with Crippen LogP contribution in [-0.2, 0) is 4.79 Å². The molecule has 2 aromatic carbocycles. The number of ether oxygens (including phenoxy) is 1. The van der Waals surface area contributed by atoms with Crippen LogP contribution < -0.4 is 4.74 Å². The summed E-state index contributed by atoms with van der Waals surface area (Å²) in [7, 11) is 0. The maximum atomic E-state index is 14.4. The number of amides is 1. The molecule has 0 bridgehead atoms. The van der Waals surface area contributed by atoms with Gasteiger partial charge >= 0.3 is 6.36 Å². The lowest BCUT2D eigenvalue weighted by Gasteiger charge is -2.25. The third-order valence-electron chi connectivity index (χ3n) is 4.76. The molecule has 1 aliphatic rings. The van der Waals surface area contributed by atoms with E-state index < -0.39 is 23.8 Å². The molecule has 0 unspecified atom stereocenters. The number of carbonyl (C=O) groups excluding carboxylic acids is 1. The van der Waals surface area contributed by atoms with Gasteiger partial charge in [0.15, 0.2) is 0 Å². The van der Waals surface area contributed by atoms with E-state index in [2.05, 4.69) is 11.3 Å². The Morgan fingerprint density at radius 1 is 1.16 bits per heavy atom. The van der Waals surface area contributed by atoms with Gasteiger partial charge in [-0.3, -0.25) is 9.69 Å². The lowest BCUT2D eigenvalue weighted by molar-refractivity contribution is -0.274. The Hall–Kier alpha value is -3.81. The van der Waals surface area contributed by atoms with Crippen LogP contribution in [0.15, 0.2) is 84.4 Å². The first kappa shape index (κ1) is 22.9. The Kier molecular flexibility index (Phi) is 6.25. The van der Waals surface area contributed by atoms with Crippen molar-refractivity contribution < 1.29 is 32.2 Å². The summed E-state index contributed by atoms with van der Waals surface area (Å²) >= 11 is 0. The zero-order valence-corrected chi connectivity index (χ0v) is 17.2. The number of rotatable bonds is 4. The van der Waals surface area contributed by atoms with E-state index in [-0.39, 0.29) is 28.0 Å². The van der Waals surface area contributed by atoms with E-state index >= 15 is 0 Å². The van der Waals surface area contributed by atoms with Crippen molar-refractivity contribution in [3.05, 3.63) is 95.8 Å². The van der Waals surface area contributed by atoms with Gasteiger partial charge in [0.05, 0.1) is 5.57 Å². The van der Waals surface area contributed by atoms with E-state index in [4.69, 9.17) is 0 Å². The largest absolute Gasteiger partial charge is 0.573 e. The Bertz CT molecular complexity index is 1170. The first-order valence-corrected chi connectivity index (χ1v) is 9.42. The standard InChI is InChI=1S/C24H19F4NO3/c1-14-6-5-11-29(15(14)2)23(31)22(16(3)30)18-8-4-7-17(12-18)20-13-19(9-10-21(20)25)32-24(26,27)28/h4-13,30H,2H2,1,3H3/b22-16+. The van der Waals surface area contributed by atoms with Gasteiger partial charge in [-0.25, -0.2) is 4.39 Å². The molecule has 0 aliphatic carbocycles. The lowest BCUT2D eigenvalue weighted by Crippen LogP contribution is -2.28. The number of alkyl halides is 3. The fourth-order valence-electron chi connectivity index (χ4n) is 3.21. The van der Waals surface area contributed by atoms with E-state index in [9.17, 15) is 27.5 Å². The van der Waals surface area contributed by atoms with Crippen molar-refractivity contribution in [2.75, 3.05) is 0 Å². The number of hydrogen-bond donors (Lipinski definition) is 1. The van der Waals surface area contributed by atoms with Crippen molar-refractivity contribution in [2.45, 2.75) is 20.2 Å². The smallest absolute Gasteiger partial charge is 0.512 e. The SMILES string of the molecule is C=C1C(C)=CC=CN1C(=O)/C(=C(\C)O)c1cccc(-c2cc(OC(F)(F)F)ccc2F)c1. The molecular weight excluding hydrogens is 426 g/mol. The molecule has 166 valence electrons. The highest BCUT2D eigenvalue weighted by atomic mass is 19.4. The van der Waals surface area contributed by atoms with Gasteiger partial charge in [0.1, 0.15) is 17.3 Å². The predicted molar refractivity (Wildman–Crippen MR) is 113 cm³/mol. The molecule has 1 amide bonds. The summed E-state index contributed by atoms with van der Waals surface area (Å²) < 4.78 is 56.0. The lowest BCUT2D eigenvalue weighted by atomic mass is 9.96. The molecule has 1 N–H and O–H groups in total. The highest BCUT2D eigenvalue weighted by molar-refractivity contribution is 6.21. The van der Waals surface area contributed by atoms with Crippen LogP contribution in [-0.4, -0.2) is 22.3 Å². The monoisotopic (exact) mass is 445 g/mol. The second-order valence-corrected chi connectivity index (χ2v) is 7.04. The third kappa shape index (κ3) is 4.91. The fraction of sp³-hybridized carbons (Fsp3) is 0.125. The highest BCUT2D eigenvalue weighted by Gasteiger charge is 2.31. The van der Waals surface area contributed by atoms with E-state index in [1.165, 1.54) is 42.3 Å². The van der Waals surface area contributed by atoms with Crippen molar-refractivity contribution in [3.63, 3.8) is 0 Å². The number of carbonyl (C=O) groups is 1. The predicted octanol–water partition coefficient (Wildman–Crippen LogP) is 6.50. The summed E-state index contributed by atoms with van der Waals surface area (Å²) in [6.07, 6.45) is 0.0111. The van der Waals surface area contributed by atoms with Gasteiger partial charge in [0, 0.05) is 17.5 Å². The second-order valence-electron chi connectivity index (χ2n) is 7.04. The zero-order valence-electron chi connectivity index (χ0n) is 17.2. The van der Waals surface area contributed by atoms with Gasteiger partial charge < -0.3 is 9.84 Å². The molecule has 0 aromatic heterocycles. The summed E-state index contributed by atoms with van der Waals surface area (Å²) in [5, 5.41) is 10.3. The number of benzene rings is 2. The van der Waals surface area contributed by atoms with E-state index in [1.54, 1.807) is 19.1 Å². The maximum Gasteiger partial charge on any atom is 0.573 e. The molecule has 8 heteroatoms. The second kappa shape index (κ2) is 8.74. The Labute approximate surface area is 182 Å². The molecule has 1 heterocycles. The minimum absolute atomic E-state index is 0.0598. The number of allylic oxidation sites excluding steroid dienone is 4. The number of hydrogen-bond acceptors (Lipinski definition) is 3.